The normalized spacial score (nSPS) is 20.4. The fraction of sp³-hybridized carbons (Fsp3) is 0.750. The van der Waals surface area contributed by atoms with Crippen LogP contribution in [0.3, 0.4) is 0 Å². The van der Waals surface area contributed by atoms with Gasteiger partial charge in [-0.05, 0) is 77.0 Å². The van der Waals surface area contributed by atoms with Gasteiger partial charge < -0.3 is 24.0 Å². The number of hydrogen-bond donors (Lipinski definition) is 2. The van der Waals surface area contributed by atoms with Crippen molar-refractivity contribution < 1.29 is 56.6 Å². The van der Waals surface area contributed by atoms with Gasteiger partial charge in [0.1, 0.15) is 24.2 Å². The van der Waals surface area contributed by atoms with E-state index in [0.717, 1.165) is 12.8 Å². The molecule has 23 heteroatoms. The van der Waals surface area contributed by atoms with Gasteiger partial charge in [0.25, 0.3) is 35.4 Å². The van der Waals surface area contributed by atoms with Crippen molar-refractivity contribution in [3.8, 4) is 0 Å². The van der Waals surface area contributed by atoms with E-state index in [1.54, 1.807) is 55.4 Å². The molecular formula is C48H74Cl2N8O12S. The van der Waals surface area contributed by atoms with Gasteiger partial charge >= 0.3 is 0 Å². The second kappa shape index (κ2) is 25.3. The molecule has 0 radical (unpaired) electrons. The maximum Gasteiger partial charge on any atom is 0.291 e. The number of hydrogen-bond acceptors (Lipinski definition) is 14. The number of aromatic nitrogens is 2. The summed E-state index contributed by atoms with van der Waals surface area (Å²) in [6.07, 6.45) is 6.75. The maximum atomic E-state index is 12.9. The first kappa shape index (κ1) is 60.7. The highest BCUT2D eigenvalue weighted by Crippen LogP contribution is 2.38. The summed E-state index contributed by atoms with van der Waals surface area (Å²) < 4.78 is 15.0. The van der Waals surface area contributed by atoms with Gasteiger partial charge in [0.2, 0.25) is 44.1 Å². The average molecular weight is 1060 g/mol. The summed E-state index contributed by atoms with van der Waals surface area (Å²) in [5.74, 6) is -4.99. The molecule has 4 aliphatic heterocycles. The lowest BCUT2D eigenvalue weighted by Crippen LogP contribution is -2.57. The monoisotopic (exact) mass is 1060 g/mol. The minimum atomic E-state index is -1.67. The zero-order chi connectivity index (χ0) is 54.0. The van der Waals surface area contributed by atoms with Crippen LogP contribution in [0.15, 0.2) is 4.42 Å². The van der Waals surface area contributed by atoms with Crippen LogP contribution in [-0.2, 0) is 57.2 Å². The number of rotatable bonds is 16. The van der Waals surface area contributed by atoms with Crippen molar-refractivity contribution in [2.45, 2.75) is 184 Å². The molecule has 71 heavy (non-hydrogen) atoms. The minimum absolute atomic E-state index is 0.275. The predicted molar refractivity (Wildman–Crippen MR) is 264 cm³/mol. The molecule has 0 aliphatic carbocycles. The molecule has 20 nitrogen and oxygen atoms in total. The molecule has 4 aliphatic rings. The number of nitrogens with zero attached hydrogens (tertiary/aromatic N) is 6. The van der Waals surface area contributed by atoms with Crippen molar-refractivity contribution in [1.82, 2.24) is 40.6 Å². The topological polar surface area (TPSA) is 264 Å². The van der Waals surface area contributed by atoms with E-state index in [1.165, 1.54) is 19.6 Å². The van der Waals surface area contributed by atoms with Gasteiger partial charge in [-0.15, -0.1) is 10.2 Å². The Labute approximate surface area is 428 Å². The summed E-state index contributed by atoms with van der Waals surface area (Å²) in [4.78, 5) is 133. The van der Waals surface area contributed by atoms with Crippen LogP contribution in [0.2, 0.25) is 0 Å². The fourth-order valence-corrected chi connectivity index (χ4v) is 8.23. The molecule has 5 heterocycles. The van der Waals surface area contributed by atoms with Crippen LogP contribution in [0.25, 0.3) is 0 Å². The first-order valence-electron chi connectivity index (χ1n) is 24.5. The van der Waals surface area contributed by atoms with Crippen LogP contribution in [0.5, 0.6) is 0 Å². The summed E-state index contributed by atoms with van der Waals surface area (Å²) in [5, 5.41) is 8.35. The van der Waals surface area contributed by atoms with Gasteiger partial charge in [0, 0.05) is 69.2 Å². The zero-order valence-electron chi connectivity index (χ0n) is 43.4. The molecule has 1 aromatic rings. The molecule has 0 spiro atoms. The lowest BCUT2D eigenvalue weighted by Gasteiger charge is -2.29. The van der Waals surface area contributed by atoms with Crippen molar-refractivity contribution in [1.29, 1.82) is 0 Å². The van der Waals surface area contributed by atoms with Crippen molar-refractivity contribution in [3.05, 3.63) is 11.8 Å². The molecule has 4 fully saturated rings. The molecule has 6 amide bonds. The van der Waals surface area contributed by atoms with Gasteiger partial charge in [-0.1, -0.05) is 83.1 Å². The van der Waals surface area contributed by atoms with Crippen LogP contribution in [0, 0.1) is 21.7 Å². The second-order valence-corrected chi connectivity index (χ2v) is 23.6. The number of amides is 6. The molecular weight excluding hydrogens is 984 g/mol. The van der Waals surface area contributed by atoms with Crippen molar-refractivity contribution in [3.63, 3.8) is 0 Å². The molecule has 2 N–H and O–H groups in total. The molecule has 5 rings (SSSR count). The van der Waals surface area contributed by atoms with Crippen molar-refractivity contribution in [2.24, 2.45) is 21.7 Å². The number of carbonyl (C=O) groups excluding carboxylic acids is 10. The Kier molecular flexibility index (Phi) is 21.7. The number of nitrogens with one attached hydrogen (secondary N) is 2. The third-order valence-corrected chi connectivity index (χ3v) is 14.8. The lowest BCUT2D eigenvalue weighted by atomic mass is 9.84. The second-order valence-electron chi connectivity index (χ2n) is 21.0. The van der Waals surface area contributed by atoms with E-state index < -0.39 is 114 Å². The molecule has 4 saturated heterocycles. The van der Waals surface area contributed by atoms with Gasteiger partial charge in [-0.25, -0.2) is 4.21 Å². The zero-order valence-corrected chi connectivity index (χ0v) is 45.7. The number of carbonyl (C=O) groups is 10. The van der Waals surface area contributed by atoms with Crippen LogP contribution in [-0.4, -0.2) is 131 Å². The van der Waals surface area contributed by atoms with E-state index >= 15 is 0 Å². The van der Waals surface area contributed by atoms with E-state index in [2.05, 4.69) is 42.4 Å². The quantitative estimate of drug-likeness (QED) is 0.116. The number of hydrazine groups is 1. The van der Waals surface area contributed by atoms with Crippen molar-refractivity contribution in [2.75, 3.05) is 26.2 Å². The standard InChI is InChI=1S/C24H38N4O6.C24H36N4O5.Cl2OS/c1-7-23(3,4)17(29)21(33)27-13-9-11-15(27)19(31)25-26-20(32)16-12-10-14-28(16)22(34)18(30)24(5,6)8-2;1-7-23(3,4)17(29)21(31)27-13-9-11-15(27)19-25-26-20(33-19)16-12-10-14-28(16)22(32)18(30)24(5,6)8-2;1-4(2)3/h15-16H,7-14H2,1-6H3,(H,25,31)(H,26,32);15-16H,7-14H2,1-6H3;/t2*15-,16-;/m11./s1. The van der Waals surface area contributed by atoms with E-state index in [9.17, 15) is 47.9 Å². The highest BCUT2D eigenvalue weighted by molar-refractivity contribution is 8.26. The van der Waals surface area contributed by atoms with Gasteiger partial charge in [-0.2, -0.15) is 0 Å². The SMILES string of the molecule is CCC(C)(C)C(=O)C(=O)N1CCC[C@@H]1C(=O)NNC(=O)[C@H]1CCCN1C(=O)C(=O)C(C)(C)CC.CCC(C)(C)C(=O)C(=O)N1CCC[C@@H]1c1nnc([C@H]2CCCN2C(=O)C(=O)C(C)(C)CC)o1.O=S(Cl)Cl. The Morgan fingerprint density at radius 2 is 0.732 bits per heavy atom. The number of halogens is 2. The lowest BCUT2D eigenvalue weighted by molar-refractivity contribution is -0.152. The largest absolute Gasteiger partial charge is 0.421 e. The summed E-state index contributed by atoms with van der Waals surface area (Å²) in [6, 6.07) is -2.64. The summed E-state index contributed by atoms with van der Waals surface area (Å²) in [5.41, 5.74) is 1.58. The molecule has 398 valence electrons. The highest BCUT2D eigenvalue weighted by Gasteiger charge is 2.46. The Hall–Kier alpha value is -4.63. The molecule has 1 aromatic heterocycles. The maximum absolute atomic E-state index is 12.9. The third kappa shape index (κ3) is 14.8. The summed E-state index contributed by atoms with van der Waals surface area (Å²) in [6.45, 7) is 22.8. The van der Waals surface area contributed by atoms with E-state index in [4.69, 9.17) is 8.63 Å². The minimum Gasteiger partial charge on any atom is -0.421 e. The van der Waals surface area contributed by atoms with E-state index in [1.807, 2.05) is 27.7 Å². The third-order valence-electron chi connectivity index (χ3n) is 14.8. The Balaban J connectivity index is 0.000000349. The average Bonchev–Trinajstić information content (AvgIpc) is 4.20. The molecule has 0 aromatic carbocycles. The van der Waals surface area contributed by atoms with Crippen LogP contribution in [0.4, 0.5) is 0 Å². The van der Waals surface area contributed by atoms with Gasteiger partial charge in [0.15, 0.2) is 0 Å². The van der Waals surface area contributed by atoms with Crippen LogP contribution >= 0.6 is 21.4 Å². The number of likely N-dealkylation sites (tertiary alicyclic amines) is 4. The Morgan fingerprint density at radius 3 is 1.00 bits per heavy atom. The smallest absolute Gasteiger partial charge is 0.291 e. The fourth-order valence-electron chi connectivity index (χ4n) is 8.23. The number of Topliss-reactive ketones (excluding diaryl/α,β-unsaturated/α-hetero) is 4. The van der Waals surface area contributed by atoms with Crippen LogP contribution < -0.4 is 10.9 Å². The van der Waals surface area contributed by atoms with Gasteiger partial charge in [-0.3, -0.25) is 58.8 Å². The molecule has 0 unspecified atom stereocenters. The molecule has 0 saturated carbocycles. The Morgan fingerprint density at radius 1 is 0.493 bits per heavy atom. The number of ketones is 4. The van der Waals surface area contributed by atoms with Crippen LogP contribution in [0.1, 0.15) is 184 Å². The summed E-state index contributed by atoms with van der Waals surface area (Å²) >= 11 is 0. The first-order valence-corrected chi connectivity index (χ1v) is 27.3. The first-order chi connectivity index (χ1) is 33.0. The summed E-state index contributed by atoms with van der Waals surface area (Å²) in [7, 11) is 7.36. The van der Waals surface area contributed by atoms with E-state index in [-0.39, 0.29) is 24.9 Å². The van der Waals surface area contributed by atoms with Gasteiger partial charge in [0.05, 0.1) is 0 Å². The molecule has 4 atom stereocenters. The highest BCUT2D eigenvalue weighted by atomic mass is 36.0. The molecule has 0 bridgehead atoms. The predicted octanol–water partition coefficient (Wildman–Crippen LogP) is 5.58. The van der Waals surface area contributed by atoms with E-state index in [0.29, 0.717) is 77.3 Å². The Bertz CT molecular complexity index is 2070. The van der Waals surface area contributed by atoms with Crippen molar-refractivity contribution >= 4 is 89.2 Å².